The van der Waals surface area contributed by atoms with E-state index < -0.39 is 0 Å². The Morgan fingerprint density at radius 1 is 0.526 bits per heavy atom. The van der Waals surface area contributed by atoms with Crippen LogP contribution in [0.25, 0.3) is 0 Å². The largest absolute Gasteiger partial charge is 0.366 e. The summed E-state index contributed by atoms with van der Waals surface area (Å²) in [5.41, 5.74) is 9.12. The van der Waals surface area contributed by atoms with Gasteiger partial charge in [-0.15, -0.1) is 0 Å². The van der Waals surface area contributed by atoms with E-state index in [1.165, 1.54) is 193 Å². The first-order valence-electron chi connectivity index (χ1n) is 26.0. The van der Waals surface area contributed by atoms with E-state index in [0.29, 0.717) is 23.9 Å². The van der Waals surface area contributed by atoms with Crippen molar-refractivity contribution < 1.29 is 0 Å². The molecule has 0 radical (unpaired) electrons. The summed E-state index contributed by atoms with van der Waals surface area (Å²) in [6.45, 7) is 0.727. The van der Waals surface area contributed by atoms with Crippen LogP contribution in [0.15, 0.2) is 70.5 Å². The molecule has 2 nitrogen and oxygen atoms in total. The third-order valence-electron chi connectivity index (χ3n) is 19.4. The molecule has 0 N–H and O–H groups in total. The monoisotopic (exact) mass is 767 g/mol. The summed E-state index contributed by atoms with van der Waals surface area (Å²) in [4.78, 5) is 6.34. The van der Waals surface area contributed by atoms with Gasteiger partial charge in [0, 0.05) is 35.6 Å². The molecule has 9 aliphatic carbocycles. The van der Waals surface area contributed by atoms with Crippen LogP contribution in [0.3, 0.4) is 0 Å². The van der Waals surface area contributed by atoms with Crippen LogP contribution in [0, 0.1) is 35.5 Å². The Balaban J connectivity index is 0.980. The molecule has 2 aliphatic heterocycles. The molecule has 0 amide bonds. The highest BCUT2D eigenvalue weighted by Crippen LogP contribution is 2.59. The summed E-state index contributed by atoms with van der Waals surface area (Å²) in [6.07, 6.45) is 62.9. The molecule has 57 heavy (non-hydrogen) atoms. The third-order valence-corrected chi connectivity index (χ3v) is 19.4. The zero-order chi connectivity index (χ0) is 37.7. The molecule has 5 saturated carbocycles. The first kappa shape index (κ1) is 38.1. The molecule has 0 bridgehead atoms. The fourth-order valence-corrected chi connectivity index (χ4v) is 16.6. The van der Waals surface area contributed by atoms with Gasteiger partial charge in [0.1, 0.15) is 0 Å². The summed E-state index contributed by atoms with van der Waals surface area (Å²) >= 11 is 0. The van der Waals surface area contributed by atoms with E-state index in [4.69, 9.17) is 0 Å². The molecular formula is C54H79BN2. The lowest BCUT2D eigenvalue weighted by Gasteiger charge is -2.62. The number of allylic oxidation sites excluding steroid dienone is 6. The van der Waals surface area contributed by atoms with Crippen molar-refractivity contribution in [3.8, 4) is 0 Å². The lowest BCUT2D eigenvalue weighted by atomic mass is 9.22. The van der Waals surface area contributed by atoms with E-state index in [1.807, 2.05) is 16.6 Å². The standard InChI is InChI=1S/C54H79BN2/c1-5-14-38(15-6-1)42-24-30-46(31-25-42)56-50-34-28-44(40-18-9-3-10-19-40)36-48(50)55-49-37-45(41-20-11-4-12-21-41)29-35-51(49)57(53-23-13-22-52(56)54(53)55)47-32-26-43(27-33-47)39-16-7-2-8-17-39/h13,22,26,28,32-33,37-43,46,48-51,53H,1-12,14-21,23-25,27,29-31,34-36H2. The Bertz CT molecular complexity index is 1610. The van der Waals surface area contributed by atoms with Crippen molar-refractivity contribution in [2.24, 2.45) is 35.5 Å². The summed E-state index contributed by atoms with van der Waals surface area (Å²) in [7, 11) is 0. The fourth-order valence-electron chi connectivity index (χ4n) is 16.6. The SMILES string of the molecule is C1=CC2=C3B(C4C=C(C5CCCCC5)CCC4N(C4=CCC(C5CCCCC5)C=C4)C3C1)C1CC(C3CCCCC3)=CCC1N2C1CCC(C2CCCCC2)CC1. The van der Waals surface area contributed by atoms with Gasteiger partial charge in [0.2, 0.25) is 0 Å². The molecule has 0 aromatic rings. The Hall–Kier alpha value is -1.90. The zero-order valence-corrected chi connectivity index (χ0v) is 36.2. The average molecular weight is 767 g/mol. The minimum atomic E-state index is 0.550. The maximum atomic E-state index is 3.21. The van der Waals surface area contributed by atoms with Gasteiger partial charge in [-0.1, -0.05) is 137 Å². The first-order valence-corrected chi connectivity index (χ1v) is 26.0. The van der Waals surface area contributed by atoms with Gasteiger partial charge in [-0.3, -0.25) is 0 Å². The molecule has 6 unspecified atom stereocenters. The first-order chi connectivity index (χ1) is 28.3. The van der Waals surface area contributed by atoms with Crippen LogP contribution in [0.4, 0.5) is 0 Å². The molecule has 6 fully saturated rings. The van der Waals surface area contributed by atoms with Gasteiger partial charge in [-0.05, 0) is 162 Å². The molecular weight excluding hydrogens is 687 g/mol. The lowest BCUT2D eigenvalue weighted by Crippen LogP contribution is -2.65. The molecule has 0 aromatic carbocycles. The normalized spacial score (nSPS) is 38.6. The smallest absolute Gasteiger partial charge is 0.190 e. The number of hydrogen-bond acceptors (Lipinski definition) is 2. The predicted molar refractivity (Wildman–Crippen MR) is 241 cm³/mol. The van der Waals surface area contributed by atoms with E-state index in [-0.39, 0.29) is 0 Å². The fraction of sp³-hybridized carbons (Fsp3) is 0.778. The van der Waals surface area contributed by atoms with Crippen molar-refractivity contribution in [1.82, 2.24) is 9.80 Å². The van der Waals surface area contributed by atoms with Crippen LogP contribution in [0.1, 0.15) is 193 Å². The second kappa shape index (κ2) is 16.9. The Labute approximate surface area is 349 Å². The third kappa shape index (κ3) is 7.27. The van der Waals surface area contributed by atoms with Gasteiger partial charge in [-0.2, -0.15) is 0 Å². The molecule has 1 saturated heterocycles. The quantitative estimate of drug-likeness (QED) is 0.196. The average Bonchev–Trinajstić information content (AvgIpc) is 3.30. The van der Waals surface area contributed by atoms with Gasteiger partial charge in [0.25, 0.3) is 0 Å². The van der Waals surface area contributed by atoms with Crippen molar-refractivity contribution >= 4 is 6.71 Å². The van der Waals surface area contributed by atoms with E-state index in [0.717, 1.165) is 54.1 Å². The van der Waals surface area contributed by atoms with Gasteiger partial charge >= 0.3 is 0 Å². The second-order valence-corrected chi connectivity index (χ2v) is 22.1. The van der Waals surface area contributed by atoms with Gasteiger partial charge < -0.3 is 9.80 Å². The number of hydrogen-bond donors (Lipinski definition) is 0. The van der Waals surface area contributed by atoms with Crippen molar-refractivity contribution in [3.05, 3.63) is 70.5 Å². The van der Waals surface area contributed by atoms with Crippen LogP contribution in [0.2, 0.25) is 11.6 Å². The summed E-state index contributed by atoms with van der Waals surface area (Å²) in [5, 5.41) is 0. The number of nitrogens with zero attached hydrogens (tertiary/aromatic N) is 2. The highest BCUT2D eigenvalue weighted by atomic mass is 15.3. The number of rotatable bonds is 6. The van der Waals surface area contributed by atoms with Crippen LogP contribution in [-0.2, 0) is 0 Å². The summed E-state index contributed by atoms with van der Waals surface area (Å²) < 4.78 is 0. The Morgan fingerprint density at radius 2 is 1.18 bits per heavy atom. The van der Waals surface area contributed by atoms with Crippen molar-refractivity contribution in [3.63, 3.8) is 0 Å². The molecule has 11 rings (SSSR count). The van der Waals surface area contributed by atoms with E-state index in [9.17, 15) is 0 Å². The van der Waals surface area contributed by atoms with Crippen molar-refractivity contribution in [2.75, 3.05) is 0 Å². The van der Waals surface area contributed by atoms with Crippen LogP contribution in [-0.4, -0.2) is 40.7 Å². The highest BCUT2D eigenvalue weighted by molar-refractivity contribution is 6.72. The lowest BCUT2D eigenvalue weighted by molar-refractivity contribution is 0.0878. The summed E-state index contributed by atoms with van der Waals surface area (Å²) in [5.74, 6) is 6.94. The Kier molecular flexibility index (Phi) is 11.3. The summed E-state index contributed by atoms with van der Waals surface area (Å²) in [6, 6.07) is 2.65. The van der Waals surface area contributed by atoms with Gasteiger partial charge in [-0.25, -0.2) is 0 Å². The maximum Gasteiger partial charge on any atom is 0.190 e. The number of fused-ring (bicyclic) bond motifs is 4. The van der Waals surface area contributed by atoms with Crippen LogP contribution in [0.5, 0.6) is 0 Å². The van der Waals surface area contributed by atoms with Gasteiger partial charge in [0.05, 0.1) is 0 Å². The van der Waals surface area contributed by atoms with Crippen LogP contribution >= 0.6 is 0 Å². The van der Waals surface area contributed by atoms with Crippen molar-refractivity contribution in [1.29, 1.82) is 0 Å². The van der Waals surface area contributed by atoms with Crippen LogP contribution < -0.4 is 0 Å². The van der Waals surface area contributed by atoms with E-state index >= 15 is 0 Å². The molecule has 0 aromatic heterocycles. The molecule has 6 atom stereocenters. The second-order valence-electron chi connectivity index (χ2n) is 22.1. The van der Waals surface area contributed by atoms with E-state index in [2.05, 4.69) is 52.3 Å². The molecule has 3 heteroatoms. The maximum absolute atomic E-state index is 3.21. The van der Waals surface area contributed by atoms with Crippen molar-refractivity contribution in [2.45, 2.75) is 228 Å². The van der Waals surface area contributed by atoms with E-state index in [1.54, 1.807) is 11.4 Å². The molecule has 2 heterocycles. The molecule has 308 valence electrons. The topological polar surface area (TPSA) is 6.48 Å². The minimum absolute atomic E-state index is 0.550. The Morgan fingerprint density at radius 3 is 1.86 bits per heavy atom. The predicted octanol–water partition coefficient (Wildman–Crippen LogP) is 14.5. The van der Waals surface area contributed by atoms with Gasteiger partial charge in [0.15, 0.2) is 6.71 Å². The molecule has 0 spiro atoms. The zero-order valence-electron chi connectivity index (χ0n) is 36.2. The molecule has 11 aliphatic rings. The highest BCUT2D eigenvalue weighted by Gasteiger charge is 2.58. The minimum Gasteiger partial charge on any atom is -0.366 e.